The van der Waals surface area contributed by atoms with Crippen LogP contribution in [0, 0.1) is 0 Å². The number of carbonyl (C=O) groups is 3. The quantitative estimate of drug-likeness (QED) is 0.651. The lowest BCUT2D eigenvalue weighted by Crippen LogP contribution is -2.36. The molecule has 2 aromatic carbocycles. The average molecular weight is 449 g/mol. The number of hydrogen-bond acceptors (Lipinski definition) is 4. The molecule has 2 fully saturated rings. The first-order valence-corrected chi connectivity index (χ1v) is 11.8. The number of amides is 3. The highest BCUT2D eigenvalue weighted by molar-refractivity contribution is 5.98. The minimum atomic E-state index is -0.313. The zero-order valence-corrected chi connectivity index (χ0v) is 19.0. The van der Waals surface area contributed by atoms with Gasteiger partial charge in [0.05, 0.1) is 6.54 Å². The van der Waals surface area contributed by atoms with Crippen LogP contribution < -0.4 is 15.5 Å². The minimum absolute atomic E-state index is 0.0851. The second-order valence-corrected chi connectivity index (χ2v) is 8.81. The van der Waals surface area contributed by atoms with Gasteiger partial charge in [0, 0.05) is 37.3 Å². The molecule has 7 heteroatoms. The highest BCUT2D eigenvalue weighted by Gasteiger charge is 2.21. The van der Waals surface area contributed by atoms with Crippen molar-refractivity contribution in [3.8, 4) is 0 Å². The molecule has 174 valence electrons. The molecule has 0 aliphatic carbocycles. The summed E-state index contributed by atoms with van der Waals surface area (Å²) in [6, 6.07) is 15.2. The number of nitrogens with zero attached hydrogens (tertiary/aromatic N) is 2. The fraction of sp³-hybridized carbons (Fsp3) is 0.423. The van der Waals surface area contributed by atoms with Crippen molar-refractivity contribution in [1.29, 1.82) is 0 Å². The Bertz CT molecular complexity index is 966. The van der Waals surface area contributed by atoms with Gasteiger partial charge in [-0.05, 0) is 67.7 Å². The van der Waals surface area contributed by atoms with Crippen LogP contribution in [0.15, 0.2) is 48.5 Å². The van der Waals surface area contributed by atoms with E-state index in [2.05, 4.69) is 27.7 Å². The number of likely N-dealkylation sites (tertiary alicyclic amines) is 1. The Balaban J connectivity index is 1.18. The molecular formula is C26H32N4O3. The molecule has 0 aromatic heterocycles. The van der Waals surface area contributed by atoms with Gasteiger partial charge in [0.2, 0.25) is 11.8 Å². The Morgan fingerprint density at radius 1 is 0.788 bits per heavy atom. The first-order chi connectivity index (χ1) is 16.1. The lowest BCUT2D eigenvalue weighted by atomic mass is 10.1. The van der Waals surface area contributed by atoms with Gasteiger partial charge in [-0.25, -0.2) is 0 Å². The molecule has 7 nitrogen and oxygen atoms in total. The molecule has 3 amide bonds. The molecule has 2 aromatic rings. The van der Waals surface area contributed by atoms with E-state index in [4.69, 9.17) is 0 Å². The number of nitrogens with one attached hydrogen (secondary N) is 2. The number of carbonyl (C=O) groups excluding carboxylic acids is 3. The van der Waals surface area contributed by atoms with Gasteiger partial charge in [-0.15, -0.1) is 0 Å². The first kappa shape index (κ1) is 23.0. The number of benzene rings is 2. The van der Waals surface area contributed by atoms with Crippen LogP contribution in [0.25, 0.3) is 0 Å². The molecule has 0 bridgehead atoms. The monoisotopic (exact) mass is 448 g/mol. The van der Waals surface area contributed by atoms with Crippen LogP contribution in [0.2, 0.25) is 0 Å². The Kier molecular flexibility index (Phi) is 7.73. The van der Waals surface area contributed by atoms with Crippen molar-refractivity contribution < 1.29 is 14.4 Å². The van der Waals surface area contributed by atoms with Gasteiger partial charge >= 0.3 is 0 Å². The van der Waals surface area contributed by atoms with Crippen molar-refractivity contribution in [1.82, 2.24) is 15.5 Å². The van der Waals surface area contributed by atoms with E-state index in [-0.39, 0.29) is 24.3 Å². The van der Waals surface area contributed by atoms with Crippen LogP contribution in [0.3, 0.4) is 0 Å². The van der Waals surface area contributed by atoms with Crippen LogP contribution in [0.4, 0.5) is 5.69 Å². The van der Waals surface area contributed by atoms with Crippen LogP contribution in [0.5, 0.6) is 0 Å². The van der Waals surface area contributed by atoms with E-state index < -0.39 is 0 Å². The van der Waals surface area contributed by atoms with Gasteiger partial charge < -0.3 is 15.5 Å². The number of piperidine rings is 1. The number of hydrogen-bond donors (Lipinski definition) is 2. The van der Waals surface area contributed by atoms with Crippen molar-refractivity contribution in [3.05, 3.63) is 65.2 Å². The average Bonchev–Trinajstić information content (AvgIpc) is 3.28. The summed E-state index contributed by atoms with van der Waals surface area (Å²) in [5.41, 5.74) is 3.58. The normalized spacial score (nSPS) is 16.6. The summed E-state index contributed by atoms with van der Waals surface area (Å²) in [5.74, 6) is -0.438. The van der Waals surface area contributed by atoms with Gasteiger partial charge in [0.1, 0.15) is 0 Å². The van der Waals surface area contributed by atoms with Gasteiger partial charge in [0.15, 0.2) is 0 Å². The molecule has 2 aliphatic heterocycles. The summed E-state index contributed by atoms with van der Waals surface area (Å²) in [4.78, 5) is 40.6. The molecule has 0 radical (unpaired) electrons. The van der Waals surface area contributed by atoms with Crippen molar-refractivity contribution in [2.75, 3.05) is 31.1 Å². The third kappa shape index (κ3) is 6.42. The minimum Gasteiger partial charge on any atom is -0.350 e. The predicted molar refractivity (Wildman–Crippen MR) is 128 cm³/mol. The topological polar surface area (TPSA) is 81.8 Å². The Morgan fingerprint density at radius 2 is 1.48 bits per heavy atom. The number of rotatable bonds is 8. The molecule has 0 atom stereocenters. The lowest BCUT2D eigenvalue weighted by Gasteiger charge is -2.26. The van der Waals surface area contributed by atoms with E-state index in [1.54, 1.807) is 29.2 Å². The predicted octanol–water partition coefficient (Wildman–Crippen LogP) is 2.85. The van der Waals surface area contributed by atoms with Gasteiger partial charge in [-0.3, -0.25) is 19.3 Å². The largest absolute Gasteiger partial charge is 0.350 e. The lowest BCUT2D eigenvalue weighted by molar-refractivity contribution is -0.120. The summed E-state index contributed by atoms with van der Waals surface area (Å²) < 4.78 is 0. The van der Waals surface area contributed by atoms with E-state index in [9.17, 15) is 14.4 Å². The smallest absolute Gasteiger partial charge is 0.251 e. The van der Waals surface area contributed by atoms with Gasteiger partial charge in [-0.1, -0.05) is 30.7 Å². The standard InChI is InChI=1S/C26H32N4O3/c31-24(27-17-20-6-8-21(9-7-20)19-29-14-2-1-3-15-29)18-28-26(33)22-10-12-23(13-11-22)30-16-4-5-25(30)32/h6-13H,1-5,14-19H2,(H,27,31)(H,28,33). The van der Waals surface area contributed by atoms with E-state index >= 15 is 0 Å². The highest BCUT2D eigenvalue weighted by Crippen LogP contribution is 2.21. The SMILES string of the molecule is O=C(CNC(=O)c1ccc(N2CCCC2=O)cc1)NCc1ccc(CN2CCCCC2)cc1. The van der Waals surface area contributed by atoms with Crippen LogP contribution in [0.1, 0.15) is 53.6 Å². The molecule has 0 saturated carbocycles. The molecule has 4 rings (SSSR count). The van der Waals surface area contributed by atoms with E-state index in [1.807, 2.05) is 12.1 Å². The van der Waals surface area contributed by atoms with E-state index in [0.717, 1.165) is 24.2 Å². The van der Waals surface area contributed by atoms with Crippen LogP contribution in [-0.2, 0) is 22.7 Å². The third-order valence-electron chi connectivity index (χ3n) is 6.29. The molecular weight excluding hydrogens is 416 g/mol. The molecule has 2 aliphatic rings. The van der Waals surface area contributed by atoms with Crippen molar-refractivity contribution in [3.63, 3.8) is 0 Å². The molecule has 2 heterocycles. The van der Waals surface area contributed by atoms with Crippen LogP contribution in [-0.4, -0.2) is 48.8 Å². The zero-order chi connectivity index (χ0) is 23.0. The maximum atomic E-state index is 12.3. The fourth-order valence-corrected chi connectivity index (χ4v) is 4.38. The van der Waals surface area contributed by atoms with Crippen molar-refractivity contribution in [2.24, 2.45) is 0 Å². The summed E-state index contributed by atoms with van der Waals surface area (Å²) in [6.45, 7) is 4.38. The van der Waals surface area contributed by atoms with Crippen molar-refractivity contribution >= 4 is 23.4 Å². The van der Waals surface area contributed by atoms with E-state index in [1.165, 1.54) is 37.9 Å². The highest BCUT2D eigenvalue weighted by atomic mass is 16.2. The molecule has 0 unspecified atom stereocenters. The molecule has 0 spiro atoms. The second-order valence-electron chi connectivity index (χ2n) is 8.81. The summed E-state index contributed by atoms with van der Waals surface area (Å²) in [7, 11) is 0. The second kappa shape index (κ2) is 11.1. The van der Waals surface area contributed by atoms with Crippen molar-refractivity contribution in [2.45, 2.75) is 45.2 Å². The summed E-state index contributed by atoms with van der Waals surface area (Å²) in [5, 5.41) is 5.50. The fourth-order valence-electron chi connectivity index (χ4n) is 4.38. The zero-order valence-electron chi connectivity index (χ0n) is 19.0. The molecule has 33 heavy (non-hydrogen) atoms. The van der Waals surface area contributed by atoms with Gasteiger partial charge in [0.25, 0.3) is 5.91 Å². The van der Waals surface area contributed by atoms with Crippen LogP contribution >= 0.6 is 0 Å². The summed E-state index contributed by atoms with van der Waals surface area (Å²) in [6.07, 6.45) is 5.33. The Hall–Kier alpha value is -3.19. The maximum Gasteiger partial charge on any atom is 0.251 e. The molecule has 2 N–H and O–H groups in total. The Morgan fingerprint density at radius 3 is 2.15 bits per heavy atom. The molecule has 2 saturated heterocycles. The first-order valence-electron chi connectivity index (χ1n) is 11.8. The van der Waals surface area contributed by atoms with E-state index in [0.29, 0.717) is 25.1 Å². The number of anilines is 1. The Labute approximate surface area is 195 Å². The summed E-state index contributed by atoms with van der Waals surface area (Å²) >= 11 is 0. The third-order valence-corrected chi connectivity index (χ3v) is 6.29. The maximum absolute atomic E-state index is 12.3. The van der Waals surface area contributed by atoms with Gasteiger partial charge in [-0.2, -0.15) is 0 Å².